The molecule has 1 aliphatic rings. The van der Waals surface area contributed by atoms with Gasteiger partial charge < -0.3 is 19.9 Å². The first-order chi connectivity index (χ1) is 8.70. The monoisotopic (exact) mass is 253 g/mol. The molecule has 0 saturated carbocycles. The van der Waals surface area contributed by atoms with Gasteiger partial charge in [-0.1, -0.05) is 0 Å². The standard InChI is InChI=1S/C9H11N5O4/c15-1-4-7(16)13-9(18-4)14-3-12-5-6(14)10-2-11-8(5)17/h2-4,7,9,13,15-16H,1H2,(H,10,11,17)/t4-,7+,9-/m1/s1. The molecule has 96 valence electrons. The first-order valence-corrected chi connectivity index (χ1v) is 5.31. The highest BCUT2D eigenvalue weighted by Gasteiger charge is 2.34. The number of aromatic amines is 1. The van der Waals surface area contributed by atoms with Gasteiger partial charge in [0.1, 0.15) is 18.7 Å². The van der Waals surface area contributed by atoms with Crippen LogP contribution in [-0.4, -0.2) is 48.7 Å². The van der Waals surface area contributed by atoms with Gasteiger partial charge in [0.15, 0.2) is 17.5 Å². The number of imidazole rings is 1. The quantitative estimate of drug-likeness (QED) is 0.482. The zero-order chi connectivity index (χ0) is 12.7. The van der Waals surface area contributed by atoms with Gasteiger partial charge in [-0.3, -0.25) is 9.36 Å². The van der Waals surface area contributed by atoms with E-state index in [0.29, 0.717) is 5.65 Å². The number of fused-ring (bicyclic) bond motifs is 1. The predicted molar refractivity (Wildman–Crippen MR) is 58.3 cm³/mol. The summed E-state index contributed by atoms with van der Waals surface area (Å²) in [6, 6.07) is 0. The minimum Gasteiger partial charge on any atom is -0.394 e. The van der Waals surface area contributed by atoms with Crippen molar-refractivity contribution in [2.24, 2.45) is 0 Å². The molecule has 3 rings (SSSR count). The van der Waals surface area contributed by atoms with Crippen LogP contribution in [0.5, 0.6) is 0 Å². The van der Waals surface area contributed by atoms with Crippen molar-refractivity contribution >= 4 is 11.2 Å². The largest absolute Gasteiger partial charge is 0.394 e. The molecule has 2 aromatic heterocycles. The normalized spacial score (nSPS) is 28.0. The van der Waals surface area contributed by atoms with Crippen molar-refractivity contribution in [2.75, 3.05) is 6.61 Å². The van der Waals surface area contributed by atoms with Crippen molar-refractivity contribution < 1.29 is 14.9 Å². The Morgan fingerprint density at radius 1 is 1.50 bits per heavy atom. The molecule has 9 heteroatoms. The Morgan fingerprint density at radius 3 is 3.06 bits per heavy atom. The topological polar surface area (TPSA) is 125 Å². The van der Waals surface area contributed by atoms with Crippen molar-refractivity contribution in [1.29, 1.82) is 0 Å². The summed E-state index contributed by atoms with van der Waals surface area (Å²) in [5.74, 6) is 0. The zero-order valence-electron chi connectivity index (χ0n) is 9.15. The van der Waals surface area contributed by atoms with Gasteiger partial charge in [-0.2, -0.15) is 0 Å². The second-order valence-corrected chi connectivity index (χ2v) is 3.88. The van der Waals surface area contributed by atoms with Gasteiger partial charge in [0.05, 0.1) is 12.9 Å². The molecule has 2 aromatic rings. The summed E-state index contributed by atoms with van der Waals surface area (Å²) in [6.07, 6.45) is 0.208. The van der Waals surface area contributed by atoms with Crippen LogP contribution in [0.1, 0.15) is 6.35 Å². The number of H-pyrrole nitrogens is 1. The number of aliphatic hydroxyl groups excluding tert-OH is 2. The van der Waals surface area contributed by atoms with Crippen LogP contribution in [0.2, 0.25) is 0 Å². The number of nitrogens with one attached hydrogen (secondary N) is 2. The molecule has 0 spiro atoms. The maximum Gasteiger partial charge on any atom is 0.278 e. The number of ether oxygens (including phenoxy) is 1. The average molecular weight is 253 g/mol. The van der Waals surface area contributed by atoms with E-state index in [-0.39, 0.29) is 17.7 Å². The fourth-order valence-electron chi connectivity index (χ4n) is 1.86. The summed E-state index contributed by atoms with van der Waals surface area (Å²) in [5.41, 5.74) is 0.169. The van der Waals surface area contributed by atoms with E-state index >= 15 is 0 Å². The molecule has 0 radical (unpaired) electrons. The lowest BCUT2D eigenvalue weighted by Gasteiger charge is -2.12. The SMILES string of the molecule is O=c1[nH]cnc2c1ncn2[C@H]1N[C@@H](O)[C@@H](CO)O1. The Labute approximate surface area is 100 Å². The van der Waals surface area contributed by atoms with Gasteiger partial charge >= 0.3 is 0 Å². The third-order valence-electron chi connectivity index (χ3n) is 2.77. The van der Waals surface area contributed by atoms with Crippen molar-refractivity contribution in [3.05, 3.63) is 23.0 Å². The molecule has 1 saturated heterocycles. The van der Waals surface area contributed by atoms with E-state index in [2.05, 4.69) is 20.3 Å². The fraction of sp³-hybridized carbons (Fsp3) is 0.444. The van der Waals surface area contributed by atoms with Crippen molar-refractivity contribution in [2.45, 2.75) is 18.7 Å². The fourth-order valence-corrected chi connectivity index (χ4v) is 1.86. The highest BCUT2D eigenvalue weighted by atomic mass is 16.6. The van der Waals surface area contributed by atoms with Crippen molar-refractivity contribution in [3.63, 3.8) is 0 Å². The lowest BCUT2D eigenvalue weighted by Crippen LogP contribution is -2.33. The Morgan fingerprint density at radius 2 is 2.33 bits per heavy atom. The molecule has 0 bridgehead atoms. The van der Waals surface area contributed by atoms with E-state index in [1.54, 1.807) is 0 Å². The number of aliphatic hydroxyl groups is 2. The number of rotatable bonds is 2. The summed E-state index contributed by atoms with van der Waals surface area (Å²) in [5, 5.41) is 21.3. The summed E-state index contributed by atoms with van der Waals surface area (Å²) in [7, 11) is 0. The highest BCUT2D eigenvalue weighted by molar-refractivity contribution is 5.68. The van der Waals surface area contributed by atoms with Crippen LogP contribution in [0.4, 0.5) is 0 Å². The van der Waals surface area contributed by atoms with Crippen LogP contribution in [0.25, 0.3) is 11.2 Å². The van der Waals surface area contributed by atoms with E-state index in [0.717, 1.165) is 0 Å². The molecule has 3 heterocycles. The van der Waals surface area contributed by atoms with E-state index in [9.17, 15) is 9.90 Å². The maximum absolute atomic E-state index is 11.5. The van der Waals surface area contributed by atoms with E-state index < -0.39 is 18.7 Å². The van der Waals surface area contributed by atoms with Crippen LogP contribution in [0, 0.1) is 0 Å². The number of aromatic nitrogens is 4. The molecule has 0 aliphatic carbocycles. The Bertz CT molecular complexity index is 623. The third-order valence-corrected chi connectivity index (χ3v) is 2.77. The van der Waals surface area contributed by atoms with Crippen LogP contribution < -0.4 is 10.9 Å². The third kappa shape index (κ3) is 1.61. The average Bonchev–Trinajstić information content (AvgIpc) is 2.93. The molecule has 0 aromatic carbocycles. The molecular weight excluding hydrogens is 242 g/mol. The lowest BCUT2D eigenvalue weighted by molar-refractivity contribution is -0.0441. The van der Waals surface area contributed by atoms with E-state index in [1.807, 2.05) is 0 Å². The number of nitrogens with zero attached hydrogens (tertiary/aromatic N) is 3. The van der Waals surface area contributed by atoms with Crippen molar-refractivity contribution in [3.8, 4) is 0 Å². The van der Waals surface area contributed by atoms with Crippen LogP contribution in [0.15, 0.2) is 17.4 Å². The van der Waals surface area contributed by atoms with Gasteiger partial charge in [0.25, 0.3) is 5.56 Å². The van der Waals surface area contributed by atoms with Gasteiger partial charge in [-0.15, -0.1) is 0 Å². The van der Waals surface area contributed by atoms with E-state index in [4.69, 9.17) is 9.84 Å². The first kappa shape index (κ1) is 11.3. The highest BCUT2D eigenvalue weighted by Crippen LogP contribution is 2.20. The minimum absolute atomic E-state index is 0.185. The first-order valence-electron chi connectivity index (χ1n) is 5.31. The Kier molecular flexibility index (Phi) is 2.59. The summed E-state index contributed by atoms with van der Waals surface area (Å²) in [6.45, 7) is -0.314. The molecular formula is C9H11N5O4. The number of hydrogen-bond acceptors (Lipinski definition) is 7. The number of hydrogen-bond donors (Lipinski definition) is 4. The van der Waals surface area contributed by atoms with Gasteiger partial charge in [-0.05, 0) is 0 Å². The minimum atomic E-state index is -0.987. The smallest absolute Gasteiger partial charge is 0.278 e. The molecule has 0 unspecified atom stereocenters. The summed E-state index contributed by atoms with van der Waals surface area (Å²) in [4.78, 5) is 21.8. The molecule has 3 atom stereocenters. The zero-order valence-corrected chi connectivity index (χ0v) is 9.15. The summed E-state index contributed by atoms with van der Waals surface area (Å²) >= 11 is 0. The van der Waals surface area contributed by atoms with Gasteiger partial charge in [0.2, 0.25) is 0 Å². The molecule has 9 nitrogen and oxygen atoms in total. The second-order valence-electron chi connectivity index (χ2n) is 3.88. The van der Waals surface area contributed by atoms with Gasteiger partial charge in [0, 0.05) is 0 Å². The second kappa shape index (κ2) is 4.14. The Balaban J connectivity index is 2.01. The van der Waals surface area contributed by atoms with Crippen LogP contribution in [-0.2, 0) is 4.74 Å². The van der Waals surface area contributed by atoms with E-state index in [1.165, 1.54) is 17.2 Å². The maximum atomic E-state index is 11.5. The van der Waals surface area contributed by atoms with Gasteiger partial charge in [-0.25, -0.2) is 15.3 Å². The molecule has 1 fully saturated rings. The summed E-state index contributed by atoms with van der Waals surface area (Å²) < 4.78 is 6.85. The van der Waals surface area contributed by atoms with Crippen LogP contribution in [0.3, 0.4) is 0 Å². The molecule has 1 aliphatic heterocycles. The lowest BCUT2D eigenvalue weighted by atomic mass is 10.3. The Hall–Kier alpha value is -1.81. The van der Waals surface area contributed by atoms with Crippen LogP contribution >= 0.6 is 0 Å². The molecule has 4 N–H and O–H groups in total. The van der Waals surface area contributed by atoms with Crippen molar-refractivity contribution in [1.82, 2.24) is 24.8 Å². The molecule has 18 heavy (non-hydrogen) atoms. The predicted octanol–water partition coefficient (Wildman–Crippen LogP) is -2.13. The molecule has 0 amide bonds.